The summed E-state index contributed by atoms with van der Waals surface area (Å²) >= 11 is 0. The summed E-state index contributed by atoms with van der Waals surface area (Å²) in [6.07, 6.45) is 2.79. The zero-order valence-electron chi connectivity index (χ0n) is 12.4. The van der Waals surface area contributed by atoms with Crippen LogP contribution < -0.4 is 5.32 Å². The minimum Gasteiger partial charge on any atom is -0.466 e. The van der Waals surface area contributed by atoms with Crippen LogP contribution in [-0.4, -0.2) is 12.0 Å². The van der Waals surface area contributed by atoms with Crippen molar-refractivity contribution in [3.63, 3.8) is 0 Å². The molecule has 2 heterocycles. The van der Waals surface area contributed by atoms with Crippen LogP contribution in [0.5, 0.6) is 0 Å². The number of pyridine rings is 1. The smallest absolute Gasteiger partial charge is 0.106 e. The molecule has 0 fully saturated rings. The van der Waals surface area contributed by atoms with Gasteiger partial charge in [0, 0.05) is 29.9 Å². The quantitative estimate of drug-likeness (QED) is 0.913. The van der Waals surface area contributed by atoms with Crippen LogP contribution in [0.1, 0.15) is 39.9 Å². The number of aryl methyl sites for hydroxylation is 3. The van der Waals surface area contributed by atoms with Crippen molar-refractivity contribution in [3.8, 4) is 0 Å². The minimum absolute atomic E-state index is 0.243. The highest BCUT2D eigenvalue weighted by atomic mass is 16.3. The number of rotatable bonds is 4. The molecule has 2 aromatic rings. The Morgan fingerprint density at radius 3 is 2.37 bits per heavy atom. The molecule has 1 unspecified atom stereocenters. The van der Waals surface area contributed by atoms with Gasteiger partial charge in [0.2, 0.25) is 0 Å². The lowest BCUT2D eigenvalue weighted by molar-refractivity contribution is 0.489. The Morgan fingerprint density at radius 2 is 1.89 bits per heavy atom. The largest absolute Gasteiger partial charge is 0.466 e. The van der Waals surface area contributed by atoms with Crippen LogP contribution in [0.3, 0.4) is 0 Å². The van der Waals surface area contributed by atoms with Crippen molar-refractivity contribution in [1.82, 2.24) is 10.3 Å². The summed E-state index contributed by atoms with van der Waals surface area (Å²) < 4.78 is 5.72. The Morgan fingerprint density at radius 1 is 1.16 bits per heavy atom. The fourth-order valence-electron chi connectivity index (χ4n) is 2.50. The zero-order chi connectivity index (χ0) is 14.0. The van der Waals surface area contributed by atoms with Crippen LogP contribution in [0.2, 0.25) is 0 Å². The van der Waals surface area contributed by atoms with Gasteiger partial charge < -0.3 is 9.73 Å². The van der Waals surface area contributed by atoms with E-state index in [1.807, 2.05) is 27.1 Å². The zero-order valence-corrected chi connectivity index (χ0v) is 12.4. The second kappa shape index (κ2) is 5.57. The molecule has 0 spiro atoms. The lowest BCUT2D eigenvalue weighted by Gasteiger charge is -2.16. The van der Waals surface area contributed by atoms with Crippen LogP contribution in [0.4, 0.5) is 0 Å². The lowest BCUT2D eigenvalue weighted by atomic mass is 9.98. The molecule has 1 N–H and O–H groups in total. The Kier molecular flexibility index (Phi) is 4.05. The number of furan rings is 1. The van der Waals surface area contributed by atoms with Gasteiger partial charge in [-0.1, -0.05) is 6.07 Å². The predicted molar refractivity (Wildman–Crippen MR) is 77.4 cm³/mol. The molecule has 1 atom stereocenters. The van der Waals surface area contributed by atoms with Gasteiger partial charge in [-0.3, -0.25) is 4.98 Å². The highest BCUT2D eigenvalue weighted by Gasteiger charge is 2.20. The third-order valence-corrected chi connectivity index (χ3v) is 3.70. The van der Waals surface area contributed by atoms with Gasteiger partial charge >= 0.3 is 0 Å². The summed E-state index contributed by atoms with van der Waals surface area (Å²) in [6.45, 7) is 8.22. The number of hydrogen-bond donors (Lipinski definition) is 1. The molecule has 2 rings (SSSR count). The van der Waals surface area contributed by atoms with Crippen molar-refractivity contribution in [3.05, 3.63) is 52.2 Å². The summed E-state index contributed by atoms with van der Waals surface area (Å²) in [5.41, 5.74) is 4.80. The summed E-state index contributed by atoms with van der Waals surface area (Å²) in [5.74, 6) is 2.01. The highest BCUT2D eigenvalue weighted by Crippen LogP contribution is 2.28. The third kappa shape index (κ3) is 2.87. The second-order valence-electron chi connectivity index (χ2n) is 5.13. The van der Waals surface area contributed by atoms with Crippen molar-refractivity contribution < 1.29 is 4.42 Å². The topological polar surface area (TPSA) is 38.1 Å². The minimum atomic E-state index is 0.243. The fourth-order valence-corrected chi connectivity index (χ4v) is 2.50. The van der Waals surface area contributed by atoms with Crippen molar-refractivity contribution in [2.75, 3.05) is 7.05 Å². The average Bonchev–Trinajstić information content (AvgIpc) is 2.63. The summed E-state index contributed by atoms with van der Waals surface area (Å²) in [5, 5.41) is 3.38. The maximum atomic E-state index is 5.72. The number of nitrogens with zero attached hydrogens (tertiary/aromatic N) is 1. The summed E-state index contributed by atoms with van der Waals surface area (Å²) in [6, 6.07) is 4.44. The first-order valence-electron chi connectivity index (χ1n) is 6.68. The first kappa shape index (κ1) is 13.8. The summed E-state index contributed by atoms with van der Waals surface area (Å²) in [7, 11) is 1.99. The second-order valence-corrected chi connectivity index (χ2v) is 5.13. The van der Waals surface area contributed by atoms with Gasteiger partial charge in [0.15, 0.2) is 0 Å². The van der Waals surface area contributed by atoms with Crippen LogP contribution >= 0.6 is 0 Å². The van der Waals surface area contributed by atoms with E-state index >= 15 is 0 Å². The van der Waals surface area contributed by atoms with Crippen molar-refractivity contribution in [2.24, 2.45) is 0 Å². The molecule has 0 radical (unpaired) electrons. The molecule has 0 aliphatic carbocycles. The standard InChI is InChI=1S/C16H22N2O/c1-10-6-7-14(18-9-10)8-15(17-5)16-11(2)12(3)19-13(16)4/h6-7,9,15,17H,8H2,1-5H3. The van der Waals surface area contributed by atoms with Gasteiger partial charge in [0.1, 0.15) is 11.5 Å². The van der Waals surface area contributed by atoms with Crippen LogP contribution in [-0.2, 0) is 6.42 Å². The van der Waals surface area contributed by atoms with Crippen LogP contribution in [0.15, 0.2) is 22.7 Å². The van der Waals surface area contributed by atoms with E-state index in [1.54, 1.807) is 0 Å². The van der Waals surface area contributed by atoms with Crippen LogP contribution in [0.25, 0.3) is 0 Å². The molecular weight excluding hydrogens is 236 g/mol. The Hall–Kier alpha value is -1.61. The molecule has 102 valence electrons. The fraction of sp³-hybridized carbons (Fsp3) is 0.438. The number of likely N-dealkylation sites (N-methyl/N-ethyl adjacent to an activating group) is 1. The first-order valence-corrected chi connectivity index (χ1v) is 6.68. The van der Waals surface area contributed by atoms with E-state index < -0.39 is 0 Å². The van der Waals surface area contributed by atoms with E-state index in [-0.39, 0.29) is 6.04 Å². The average molecular weight is 258 g/mol. The van der Waals surface area contributed by atoms with E-state index in [4.69, 9.17) is 4.42 Å². The molecule has 0 aliphatic heterocycles. The van der Waals surface area contributed by atoms with Gasteiger partial charge in [-0.15, -0.1) is 0 Å². The maximum absolute atomic E-state index is 5.72. The predicted octanol–water partition coefficient (Wildman–Crippen LogP) is 3.41. The first-order chi connectivity index (χ1) is 9.02. The van der Waals surface area contributed by atoms with Crippen molar-refractivity contribution >= 4 is 0 Å². The van der Waals surface area contributed by atoms with Gasteiger partial charge in [0.25, 0.3) is 0 Å². The van der Waals surface area contributed by atoms with Gasteiger partial charge in [0.05, 0.1) is 0 Å². The Labute approximate surface area is 115 Å². The Balaban J connectivity index is 2.27. The molecule has 19 heavy (non-hydrogen) atoms. The molecule has 3 nitrogen and oxygen atoms in total. The number of aromatic nitrogens is 1. The van der Waals surface area contributed by atoms with Gasteiger partial charge in [-0.05, 0) is 51.9 Å². The van der Waals surface area contributed by atoms with Crippen molar-refractivity contribution in [1.29, 1.82) is 0 Å². The Bertz CT molecular complexity index is 555. The molecule has 3 heteroatoms. The summed E-state index contributed by atoms with van der Waals surface area (Å²) in [4.78, 5) is 4.49. The normalized spacial score (nSPS) is 12.7. The van der Waals surface area contributed by atoms with E-state index in [9.17, 15) is 0 Å². The van der Waals surface area contributed by atoms with Crippen molar-refractivity contribution in [2.45, 2.75) is 40.2 Å². The molecule has 0 bridgehead atoms. The molecular formula is C16H22N2O. The van der Waals surface area contributed by atoms with E-state index in [2.05, 4.69) is 36.3 Å². The van der Waals surface area contributed by atoms with E-state index in [0.717, 1.165) is 23.6 Å². The van der Waals surface area contributed by atoms with Gasteiger partial charge in [-0.2, -0.15) is 0 Å². The van der Waals surface area contributed by atoms with Crippen LogP contribution in [0, 0.1) is 27.7 Å². The lowest BCUT2D eigenvalue weighted by Crippen LogP contribution is -2.20. The molecule has 2 aromatic heterocycles. The molecule has 0 aromatic carbocycles. The molecule has 0 amide bonds. The molecule has 0 aliphatic rings. The van der Waals surface area contributed by atoms with E-state index in [1.165, 1.54) is 16.7 Å². The maximum Gasteiger partial charge on any atom is 0.106 e. The number of nitrogens with one attached hydrogen (secondary N) is 1. The molecule has 0 saturated carbocycles. The SMILES string of the molecule is CNC(Cc1ccc(C)cn1)c1c(C)oc(C)c1C. The number of hydrogen-bond acceptors (Lipinski definition) is 3. The molecule has 0 saturated heterocycles. The highest BCUT2D eigenvalue weighted by molar-refractivity contribution is 5.35. The van der Waals surface area contributed by atoms with E-state index in [0.29, 0.717) is 0 Å². The monoisotopic (exact) mass is 258 g/mol. The van der Waals surface area contributed by atoms with Gasteiger partial charge in [-0.25, -0.2) is 0 Å². The third-order valence-electron chi connectivity index (χ3n) is 3.70.